The number of halogens is 3. The highest BCUT2D eigenvalue weighted by Gasteiger charge is 2.35. The Morgan fingerprint density at radius 3 is 2.45 bits per heavy atom. The predicted octanol–water partition coefficient (Wildman–Crippen LogP) is 2.96. The summed E-state index contributed by atoms with van der Waals surface area (Å²) in [5.74, 6) is 5.48. The third kappa shape index (κ3) is 2.81. The van der Waals surface area contributed by atoms with Gasteiger partial charge >= 0.3 is 6.18 Å². The molecule has 1 aromatic carbocycles. The number of benzene rings is 1. The van der Waals surface area contributed by atoms with Gasteiger partial charge in [0.15, 0.2) is 0 Å². The fourth-order valence-corrected chi connectivity index (χ4v) is 2.16. The Labute approximate surface area is 114 Å². The van der Waals surface area contributed by atoms with Gasteiger partial charge in [0.05, 0.1) is 11.6 Å². The standard InChI is InChI=1S/C14H14F3N3/c1-9-8-19-7-6-10(9)13(20-18)11-4-2-3-5-12(11)14(15,16)17/h2-8,13,20H,18H2,1H3. The molecule has 2 rings (SSSR count). The van der Waals surface area contributed by atoms with Crippen molar-refractivity contribution in [1.29, 1.82) is 0 Å². The van der Waals surface area contributed by atoms with Gasteiger partial charge in [0.25, 0.3) is 0 Å². The van der Waals surface area contributed by atoms with Crippen molar-refractivity contribution in [2.24, 2.45) is 5.84 Å². The molecular formula is C14H14F3N3. The van der Waals surface area contributed by atoms with Crippen LogP contribution in [0.3, 0.4) is 0 Å². The van der Waals surface area contributed by atoms with Gasteiger partial charge in [-0.15, -0.1) is 0 Å². The van der Waals surface area contributed by atoms with Crippen molar-refractivity contribution >= 4 is 0 Å². The average Bonchev–Trinajstić information content (AvgIpc) is 2.41. The fourth-order valence-electron chi connectivity index (χ4n) is 2.16. The summed E-state index contributed by atoms with van der Waals surface area (Å²) in [5, 5.41) is 0. The first kappa shape index (κ1) is 14.5. The maximum Gasteiger partial charge on any atom is 0.416 e. The Kier molecular flexibility index (Phi) is 4.06. The van der Waals surface area contributed by atoms with Crippen LogP contribution in [-0.4, -0.2) is 4.98 Å². The first-order chi connectivity index (χ1) is 9.45. The number of aryl methyl sites for hydroxylation is 1. The third-order valence-corrected chi connectivity index (χ3v) is 3.12. The molecule has 0 amide bonds. The van der Waals surface area contributed by atoms with Gasteiger partial charge in [-0.2, -0.15) is 13.2 Å². The largest absolute Gasteiger partial charge is 0.416 e. The van der Waals surface area contributed by atoms with Gasteiger partial charge in [0.2, 0.25) is 0 Å². The number of hydrazine groups is 1. The lowest BCUT2D eigenvalue weighted by atomic mass is 9.93. The summed E-state index contributed by atoms with van der Waals surface area (Å²) in [5.41, 5.74) is 3.30. The molecule has 0 aliphatic carbocycles. The van der Waals surface area contributed by atoms with Crippen LogP contribution in [0.5, 0.6) is 0 Å². The van der Waals surface area contributed by atoms with E-state index in [4.69, 9.17) is 5.84 Å². The van der Waals surface area contributed by atoms with E-state index < -0.39 is 17.8 Å². The lowest BCUT2D eigenvalue weighted by Gasteiger charge is -2.22. The van der Waals surface area contributed by atoms with Crippen LogP contribution in [0.15, 0.2) is 42.7 Å². The molecule has 0 bridgehead atoms. The van der Waals surface area contributed by atoms with Crippen LogP contribution >= 0.6 is 0 Å². The maximum absolute atomic E-state index is 13.1. The van der Waals surface area contributed by atoms with E-state index in [1.54, 1.807) is 25.3 Å². The summed E-state index contributed by atoms with van der Waals surface area (Å²) < 4.78 is 39.2. The first-order valence-corrected chi connectivity index (χ1v) is 5.98. The minimum absolute atomic E-state index is 0.0943. The van der Waals surface area contributed by atoms with Gasteiger partial charge in [-0.05, 0) is 35.7 Å². The molecule has 0 saturated carbocycles. The molecule has 0 aliphatic rings. The van der Waals surface area contributed by atoms with Crippen LogP contribution < -0.4 is 11.3 Å². The lowest BCUT2D eigenvalue weighted by molar-refractivity contribution is -0.138. The summed E-state index contributed by atoms with van der Waals surface area (Å²) in [6.07, 6.45) is -1.30. The number of alkyl halides is 3. The van der Waals surface area contributed by atoms with E-state index in [2.05, 4.69) is 10.4 Å². The number of pyridine rings is 1. The third-order valence-electron chi connectivity index (χ3n) is 3.12. The minimum atomic E-state index is -4.42. The summed E-state index contributed by atoms with van der Waals surface area (Å²) in [6, 6.07) is 6.32. The zero-order valence-electron chi connectivity index (χ0n) is 10.8. The number of nitrogens with two attached hydrogens (primary N) is 1. The molecule has 0 saturated heterocycles. The number of nitrogens with one attached hydrogen (secondary N) is 1. The second kappa shape index (κ2) is 5.60. The molecule has 1 heterocycles. The smallest absolute Gasteiger partial charge is 0.271 e. The Hall–Kier alpha value is -1.92. The fraction of sp³-hybridized carbons (Fsp3) is 0.214. The second-order valence-corrected chi connectivity index (χ2v) is 4.42. The van der Waals surface area contributed by atoms with Crippen LogP contribution in [0.1, 0.15) is 28.3 Å². The lowest BCUT2D eigenvalue weighted by Crippen LogP contribution is -2.31. The number of hydrogen-bond donors (Lipinski definition) is 2. The maximum atomic E-state index is 13.1. The molecular weight excluding hydrogens is 267 g/mol. The van der Waals surface area contributed by atoms with Gasteiger partial charge < -0.3 is 0 Å². The number of hydrogen-bond acceptors (Lipinski definition) is 3. The molecule has 20 heavy (non-hydrogen) atoms. The topological polar surface area (TPSA) is 50.9 Å². The molecule has 3 N–H and O–H groups in total. The molecule has 0 aliphatic heterocycles. The second-order valence-electron chi connectivity index (χ2n) is 4.42. The van der Waals surface area contributed by atoms with Crippen molar-refractivity contribution in [3.63, 3.8) is 0 Å². The van der Waals surface area contributed by atoms with Crippen molar-refractivity contribution in [2.75, 3.05) is 0 Å². The van der Waals surface area contributed by atoms with Crippen molar-refractivity contribution < 1.29 is 13.2 Å². The Morgan fingerprint density at radius 2 is 1.85 bits per heavy atom. The Bertz CT molecular complexity index is 596. The summed E-state index contributed by atoms with van der Waals surface area (Å²) in [7, 11) is 0. The molecule has 0 spiro atoms. The average molecular weight is 281 g/mol. The van der Waals surface area contributed by atoms with Crippen LogP contribution in [0.2, 0.25) is 0 Å². The van der Waals surface area contributed by atoms with Crippen LogP contribution in [-0.2, 0) is 6.18 Å². The van der Waals surface area contributed by atoms with E-state index in [1.807, 2.05) is 0 Å². The van der Waals surface area contributed by atoms with E-state index in [0.29, 0.717) is 5.56 Å². The monoisotopic (exact) mass is 281 g/mol. The van der Waals surface area contributed by atoms with Crippen LogP contribution in [0, 0.1) is 6.92 Å². The summed E-state index contributed by atoms with van der Waals surface area (Å²) >= 11 is 0. The molecule has 106 valence electrons. The predicted molar refractivity (Wildman–Crippen MR) is 69.6 cm³/mol. The SMILES string of the molecule is Cc1cnccc1C(NN)c1ccccc1C(F)(F)F. The van der Waals surface area contributed by atoms with Gasteiger partial charge in [-0.3, -0.25) is 10.8 Å². The summed E-state index contributed by atoms with van der Waals surface area (Å²) in [4.78, 5) is 3.94. The van der Waals surface area contributed by atoms with E-state index in [-0.39, 0.29) is 5.56 Å². The van der Waals surface area contributed by atoms with E-state index >= 15 is 0 Å². The molecule has 0 radical (unpaired) electrons. The molecule has 3 nitrogen and oxygen atoms in total. The van der Waals surface area contributed by atoms with Gasteiger partial charge in [0.1, 0.15) is 0 Å². The van der Waals surface area contributed by atoms with Crippen LogP contribution in [0.25, 0.3) is 0 Å². The number of rotatable bonds is 3. The zero-order chi connectivity index (χ0) is 14.8. The number of aromatic nitrogens is 1. The normalized spacial score (nSPS) is 13.2. The van der Waals surface area contributed by atoms with Crippen molar-refractivity contribution in [3.8, 4) is 0 Å². The highest BCUT2D eigenvalue weighted by Crippen LogP contribution is 2.36. The molecule has 0 fully saturated rings. The summed E-state index contributed by atoms with van der Waals surface area (Å²) in [6.45, 7) is 1.78. The number of nitrogens with zero attached hydrogens (tertiary/aromatic N) is 1. The zero-order valence-corrected chi connectivity index (χ0v) is 10.8. The van der Waals surface area contributed by atoms with Crippen molar-refractivity contribution in [1.82, 2.24) is 10.4 Å². The highest BCUT2D eigenvalue weighted by atomic mass is 19.4. The molecule has 1 unspecified atom stereocenters. The highest BCUT2D eigenvalue weighted by molar-refractivity contribution is 5.40. The van der Waals surface area contributed by atoms with Gasteiger partial charge in [-0.25, -0.2) is 5.43 Å². The van der Waals surface area contributed by atoms with Gasteiger partial charge in [0, 0.05) is 12.4 Å². The Balaban J connectivity index is 2.57. The van der Waals surface area contributed by atoms with E-state index in [1.165, 1.54) is 18.3 Å². The molecule has 2 aromatic rings. The Morgan fingerprint density at radius 1 is 1.15 bits per heavy atom. The van der Waals surface area contributed by atoms with E-state index in [9.17, 15) is 13.2 Å². The molecule has 6 heteroatoms. The minimum Gasteiger partial charge on any atom is -0.271 e. The quantitative estimate of drug-likeness (QED) is 0.671. The van der Waals surface area contributed by atoms with Gasteiger partial charge in [-0.1, -0.05) is 18.2 Å². The van der Waals surface area contributed by atoms with Crippen LogP contribution in [0.4, 0.5) is 13.2 Å². The first-order valence-electron chi connectivity index (χ1n) is 5.98. The van der Waals surface area contributed by atoms with Crippen molar-refractivity contribution in [3.05, 3.63) is 65.0 Å². The molecule has 1 atom stereocenters. The van der Waals surface area contributed by atoms with E-state index in [0.717, 1.165) is 11.6 Å². The van der Waals surface area contributed by atoms with Crippen molar-refractivity contribution in [2.45, 2.75) is 19.1 Å². The molecule has 1 aromatic heterocycles.